The zero-order valence-electron chi connectivity index (χ0n) is 21.8. The van der Waals surface area contributed by atoms with Crippen LogP contribution >= 0.6 is 23.2 Å². The van der Waals surface area contributed by atoms with Crippen molar-refractivity contribution in [3.05, 3.63) is 69.5 Å². The Bertz CT molecular complexity index is 1220. The molecule has 3 heterocycles. The lowest BCUT2D eigenvalue weighted by Crippen LogP contribution is -2.42. The number of nitrogens with zero attached hydrogens (tertiary/aromatic N) is 4. The number of carbonyl (C=O) groups is 1. The first-order valence-corrected chi connectivity index (χ1v) is 14.3. The Kier molecular flexibility index (Phi) is 9.00. The van der Waals surface area contributed by atoms with Crippen molar-refractivity contribution in [3.8, 4) is 11.4 Å². The highest BCUT2D eigenvalue weighted by atomic mass is 35.5. The largest absolute Gasteiger partial charge is 0.352 e. The molecule has 9 heteroatoms. The maximum atomic E-state index is 13.0. The molecular weight excluding hydrogens is 521 g/mol. The van der Waals surface area contributed by atoms with Crippen molar-refractivity contribution in [2.75, 3.05) is 26.2 Å². The molecule has 0 bridgehead atoms. The van der Waals surface area contributed by atoms with E-state index in [0.717, 1.165) is 37.4 Å². The van der Waals surface area contributed by atoms with Crippen molar-refractivity contribution < 1.29 is 9.32 Å². The van der Waals surface area contributed by atoms with Crippen molar-refractivity contribution >= 4 is 29.1 Å². The van der Waals surface area contributed by atoms with E-state index < -0.39 is 0 Å². The second-order valence-electron chi connectivity index (χ2n) is 10.7. The third kappa shape index (κ3) is 7.14. The number of hydrogen-bond donors (Lipinski definition) is 1. The van der Waals surface area contributed by atoms with Crippen LogP contribution in [0.25, 0.3) is 11.4 Å². The van der Waals surface area contributed by atoms with Crippen LogP contribution in [0.2, 0.25) is 10.0 Å². The molecule has 1 N–H and O–H groups in total. The highest BCUT2D eigenvalue weighted by molar-refractivity contribution is 6.36. The summed E-state index contributed by atoms with van der Waals surface area (Å²) in [6.07, 6.45) is 4.41. The van der Waals surface area contributed by atoms with Gasteiger partial charge in [0.1, 0.15) is 0 Å². The van der Waals surface area contributed by atoms with E-state index in [9.17, 15) is 4.79 Å². The quantitative estimate of drug-likeness (QED) is 0.378. The number of piperidine rings is 2. The zero-order valence-corrected chi connectivity index (χ0v) is 23.3. The van der Waals surface area contributed by atoms with Crippen LogP contribution in [0.1, 0.15) is 49.6 Å². The molecular formula is C29H35Cl2N5O2. The summed E-state index contributed by atoms with van der Waals surface area (Å²) in [4.78, 5) is 22.2. The number of hydrogen-bond acceptors (Lipinski definition) is 6. The van der Waals surface area contributed by atoms with Gasteiger partial charge in [-0.05, 0) is 80.6 Å². The fraction of sp³-hybridized carbons (Fsp3) is 0.483. The molecule has 2 fully saturated rings. The molecule has 3 aromatic rings. The number of likely N-dealkylation sites (tertiary alicyclic amines) is 2. The van der Waals surface area contributed by atoms with Crippen molar-refractivity contribution in [1.29, 1.82) is 0 Å². The van der Waals surface area contributed by atoms with Crippen LogP contribution in [0.5, 0.6) is 0 Å². The second kappa shape index (κ2) is 12.6. The molecule has 2 saturated heterocycles. The van der Waals surface area contributed by atoms with E-state index in [1.165, 1.54) is 31.5 Å². The first kappa shape index (κ1) is 27.1. The summed E-state index contributed by atoms with van der Waals surface area (Å²) in [5, 5.41) is 8.25. The molecule has 0 radical (unpaired) electrons. The van der Waals surface area contributed by atoms with Gasteiger partial charge in [-0.3, -0.25) is 14.6 Å². The molecule has 5 rings (SSSR count). The summed E-state index contributed by atoms with van der Waals surface area (Å²) in [7, 11) is 0. The first-order chi connectivity index (χ1) is 18.4. The Morgan fingerprint density at radius 1 is 1.00 bits per heavy atom. The molecule has 7 nitrogen and oxygen atoms in total. The lowest BCUT2D eigenvalue weighted by atomic mass is 9.97. The van der Waals surface area contributed by atoms with Crippen LogP contribution in [-0.4, -0.2) is 52.0 Å². The molecule has 0 spiro atoms. The molecule has 1 atom stereocenters. The van der Waals surface area contributed by atoms with E-state index in [1.807, 2.05) is 0 Å². The minimum atomic E-state index is -0.0578. The predicted molar refractivity (Wildman–Crippen MR) is 150 cm³/mol. The van der Waals surface area contributed by atoms with Gasteiger partial charge < -0.3 is 9.84 Å². The molecule has 1 amide bonds. The monoisotopic (exact) mass is 555 g/mol. The molecule has 2 aliphatic heterocycles. The summed E-state index contributed by atoms with van der Waals surface area (Å²) in [5.74, 6) is 1.83. The van der Waals surface area contributed by atoms with Gasteiger partial charge in [0.05, 0.1) is 17.5 Å². The average Bonchev–Trinajstić information content (AvgIpc) is 3.37. The molecule has 1 aromatic heterocycles. The molecule has 2 aliphatic rings. The van der Waals surface area contributed by atoms with Crippen LogP contribution in [-0.2, 0) is 24.4 Å². The van der Waals surface area contributed by atoms with Crippen molar-refractivity contribution in [1.82, 2.24) is 25.3 Å². The predicted octanol–water partition coefficient (Wildman–Crippen LogP) is 5.80. The Morgan fingerprint density at radius 2 is 1.76 bits per heavy atom. The van der Waals surface area contributed by atoms with Crippen molar-refractivity contribution in [2.45, 2.75) is 52.2 Å². The number of aromatic nitrogens is 2. The third-order valence-corrected chi connectivity index (χ3v) is 8.20. The number of carbonyl (C=O) groups excluding carboxylic acids is 1. The average molecular weight is 557 g/mol. The van der Waals surface area contributed by atoms with Crippen LogP contribution < -0.4 is 5.32 Å². The summed E-state index contributed by atoms with van der Waals surface area (Å²) in [5.41, 5.74) is 3.14. The second-order valence-corrected chi connectivity index (χ2v) is 11.5. The highest BCUT2D eigenvalue weighted by Crippen LogP contribution is 2.29. The smallest absolute Gasteiger partial charge is 0.241 e. The number of nitrogens with one attached hydrogen (secondary N) is 1. The van der Waals surface area contributed by atoms with E-state index in [2.05, 4.69) is 56.4 Å². The Balaban J connectivity index is 1.09. The molecule has 0 saturated carbocycles. The lowest BCUT2D eigenvalue weighted by molar-refractivity contribution is -0.127. The normalized spacial score (nSPS) is 19.5. The lowest BCUT2D eigenvalue weighted by Gasteiger charge is -2.31. The molecule has 1 unspecified atom stereocenters. The Morgan fingerprint density at radius 3 is 2.53 bits per heavy atom. The Labute approximate surface area is 234 Å². The van der Waals surface area contributed by atoms with Gasteiger partial charge in [0, 0.05) is 30.2 Å². The number of rotatable bonds is 8. The van der Waals surface area contributed by atoms with Gasteiger partial charge in [0.2, 0.25) is 17.6 Å². The van der Waals surface area contributed by atoms with Crippen LogP contribution in [0, 0.1) is 11.8 Å². The summed E-state index contributed by atoms with van der Waals surface area (Å²) in [6.45, 7) is 8.31. The maximum absolute atomic E-state index is 13.0. The summed E-state index contributed by atoms with van der Waals surface area (Å²) < 4.78 is 5.47. The molecule has 2 aromatic carbocycles. The standard InChI is InChI=1S/C29H35Cl2N5O2/c1-20-10-13-35(14-11-20)17-22-6-4-21(5-7-22)16-32-29(37)23-3-2-12-36(18-23)19-27-33-28(34-38-27)25-9-8-24(30)15-26(25)31/h4-9,15,20,23H,2-3,10-14,16-19H2,1H3,(H,32,37). The van der Waals surface area contributed by atoms with Gasteiger partial charge in [0.15, 0.2) is 0 Å². The minimum Gasteiger partial charge on any atom is -0.352 e. The Hall–Kier alpha value is -2.45. The van der Waals surface area contributed by atoms with Gasteiger partial charge in [-0.25, -0.2) is 0 Å². The zero-order chi connectivity index (χ0) is 26.5. The van der Waals surface area contributed by atoms with Gasteiger partial charge in [0.25, 0.3) is 0 Å². The molecule has 38 heavy (non-hydrogen) atoms. The minimum absolute atomic E-state index is 0.0578. The van der Waals surface area contributed by atoms with E-state index in [0.29, 0.717) is 47.0 Å². The fourth-order valence-electron chi connectivity index (χ4n) is 5.28. The van der Waals surface area contributed by atoms with Crippen LogP contribution in [0.3, 0.4) is 0 Å². The number of halogens is 2. The van der Waals surface area contributed by atoms with E-state index in [1.54, 1.807) is 18.2 Å². The maximum Gasteiger partial charge on any atom is 0.241 e. The summed E-state index contributed by atoms with van der Waals surface area (Å²) in [6, 6.07) is 13.8. The topological polar surface area (TPSA) is 74.5 Å². The SMILES string of the molecule is CC1CCN(Cc2ccc(CNC(=O)C3CCCN(Cc4nc(-c5ccc(Cl)cc5Cl)no4)C3)cc2)CC1. The number of benzene rings is 2. The highest BCUT2D eigenvalue weighted by Gasteiger charge is 2.27. The van der Waals surface area contributed by atoms with Gasteiger partial charge >= 0.3 is 0 Å². The van der Waals surface area contributed by atoms with E-state index in [-0.39, 0.29) is 11.8 Å². The molecule has 0 aliphatic carbocycles. The summed E-state index contributed by atoms with van der Waals surface area (Å²) >= 11 is 12.3. The third-order valence-electron chi connectivity index (χ3n) is 7.65. The number of amides is 1. The fourth-order valence-corrected chi connectivity index (χ4v) is 5.77. The van der Waals surface area contributed by atoms with Crippen molar-refractivity contribution in [2.24, 2.45) is 11.8 Å². The molecule has 202 valence electrons. The van der Waals surface area contributed by atoms with Crippen molar-refractivity contribution in [3.63, 3.8) is 0 Å². The first-order valence-electron chi connectivity index (χ1n) is 13.5. The van der Waals surface area contributed by atoms with Crippen LogP contribution in [0.4, 0.5) is 0 Å². The van der Waals surface area contributed by atoms with Gasteiger partial charge in [-0.1, -0.05) is 59.5 Å². The van der Waals surface area contributed by atoms with Gasteiger partial charge in [-0.2, -0.15) is 4.98 Å². The van der Waals surface area contributed by atoms with Crippen LogP contribution in [0.15, 0.2) is 47.0 Å². The van der Waals surface area contributed by atoms with Gasteiger partial charge in [-0.15, -0.1) is 0 Å². The van der Waals surface area contributed by atoms with E-state index in [4.69, 9.17) is 27.7 Å². The van der Waals surface area contributed by atoms with E-state index >= 15 is 0 Å².